The Bertz CT molecular complexity index is 54.6. The topological polar surface area (TPSA) is 0 Å². The van der Waals surface area contributed by atoms with E-state index in [1.807, 2.05) is 6.26 Å². The summed E-state index contributed by atoms with van der Waals surface area (Å²) < 4.78 is 0. The van der Waals surface area contributed by atoms with Gasteiger partial charge in [-0.1, -0.05) is 0 Å². The Labute approximate surface area is 54.9 Å². The third-order valence-corrected chi connectivity index (χ3v) is 0.523. The molecule has 0 atom stereocenters. The van der Waals surface area contributed by atoms with Crippen LogP contribution in [0.25, 0.3) is 0 Å². The molecular weight excluding hydrogens is 87.1 g/mol. The molecule has 0 aliphatic heterocycles. The van der Waals surface area contributed by atoms with Crippen molar-refractivity contribution in [3.8, 4) is 0 Å². The Hall–Kier alpha value is 0.467. The molecule has 0 amide bonds. The summed E-state index contributed by atoms with van der Waals surface area (Å²) in [5.41, 5.74) is 2.48. The smallest absolute Gasteiger partial charge is 0.327 e. The maximum Gasteiger partial charge on any atom is 1.00 e. The standard InChI is InChI=1S/C4H5S.Li/c1-3-4-5-2;/h1H2,2H3;/q-1;+1. The average molecular weight is 92.1 g/mol. The minimum atomic E-state index is 0. The molecule has 0 N–H and O–H groups in total. The summed E-state index contributed by atoms with van der Waals surface area (Å²) in [5, 5.41) is 2.67. The van der Waals surface area contributed by atoms with Gasteiger partial charge in [-0.2, -0.15) is 5.41 Å². The Balaban J connectivity index is 0. The van der Waals surface area contributed by atoms with Crippen LogP contribution in [0.15, 0.2) is 12.3 Å². The van der Waals surface area contributed by atoms with Crippen molar-refractivity contribution < 1.29 is 18.9 Å². The van der Waals surface area contributed by atoms with Crippen LogP contribution in [0, 0.1) is 5.41 Å². The van der Waals surface area contributed by atoms with Crippen LogP contribution in [-0.2, 0) is 0 Å². The van der Waals surface area contributed by atoms with Gasteiger partial charge in [0.15, 0.2) is 0 Å². The summed E-state index contributed by atoms with van der Waals surface area (Å²) in [6, 6.07) is 0. The third-order valence-electron chi connectivity index (χ3n) is 0.174. The second-order valence-electron chi connectivity index (χ2n) is 0.483. The Morgan fingerprint density at radius 1 is 1.83 bits per heavy atom. The first kappa shape index (κ1) is 9.69. The zero-order chi connectivity index (χ0) is 4.12. The molecule has 0 nitrogen and oxygen atoms in total. The SMILES string of the molecule is C=C=[C-]SC.[Li+]. The molecule has 0 radical (unpaired) electrons. The summed E-state index contributed by atoms with van der Waals surface area (Å²) in [6.45, 7) is 3.29. The van der Waals surface area contributed by atoms with E-state index < -0.39 is 0 Å². The van der Waals surface area contributed by atoms with Crippen molar-refractivity contribution >= 4 is 11.8 Å². The van der Waals surface area contributed by atoms with E-state index >= 15 is 0 Å². The number of rotatable bonds is 1. The summed E-state index contributed by atoms with van der Waals surface area (Å²) in [7, 11) is 0. The monoisotopic (exact) mass is 92.0 g/mol. The molecule has 28 valence electrons. The second kappa shape index (κ2) is 9.08. The van der Waals surface area contributed by atoms with Crippen molar-refractivity contribution in [2.45, 2.75) is 0 Å². The summed E-state index contributed by atoms with van der Waals surface area (Å²) in [6.07, 6.45) is 1.91. The van der Waals surface area contributed by atoms with E-state index in [2.05, 4.69) is 17.7 Å². The van der Waals surface area contributed by atoms with Crippen molar-refractivity contribution in [1.29, 1.82) is 0 Å². The van der Waals surface area contributed by atoms with Crippen LogP contribution in [0.4, 0.5) is 0 Å². The number of hydrogen-bond acceptors (Lipinski definition) is 1. The van der Waals surface area contributed by atoms with E-state index in [9.17, 15) is 0 Å². The van der Waals surface area contributed by atoms with E-state index in [1.165, 1.54) is 11.8 Å². The molecule has 0 rings (SSSR count). The van der Waals surface area contributed by atoms with Crippen LogP contribution in [-0.4, -0.2) is 6.26 Å². The third kappa shape index (κ3) is 8.82. The van der Waals surface area contributed by atoms with E-state index in [1.54, 1.807) is 0 Å². The van der Waals surface area contributed by atoms with Crippen molar-refractivity contribution in [1.82, 2.24) is 0 Å². The molecule has 0 aromatic rings. The molecule has 0 aromatic heterocycles. The van der Waals surface area contributed by atoms with E-state index in [0.29, 0.717) is 0 Å². The first-order chi connectivity index (χ1) is 2.41. The number of hydrogen-bond donors (Lipinski definition) is 0. The Kier molecular flexibility index (Phi) is 14.7. The Morgan fingerprint density at radius 2 is 2.33 bits per heavy atom. The van der Waals surface area contributed by atoms with Crippen molar-refractivity contribution in [3.63, 3.8) is 0 Å². The molecule has 2 heteroatoms. The Morgan fingerprint density at radius 3 is 2.33 bits per heavy atom. The van der Waals surface area contributed by atoms with Crippen LogP contribution in [0.3, 0.4) is 0 Å². The van der Waals surface area contributed by atoms with Crippen LogP contribution >= 0.6 is 11.8 Å². The molecule has 0 spiro atoms. The average Bonchev–Trinajstić information content (AvgIpc) is 1.41. The largest absolute Gasteiger partial charge is 1.00 e. The van der Waals surface area contributed by atoms with Gasteiger partial charge in [0.25, 0.3) is 0 Å². The van der Waals surface area contributed by atoms with E-state index in [4.69, 9.17) is 0 Å². The van der Waals surface area contributed by atoms with Crippen LogP contribution < -0.4 is 18.9 Å². The van der Waals surface area contributed by atoms with Crippen molar-refractivity contribution in [2.75, 3.05) is 6.26 Å². The normalized spacial score (nSPS) is 4.83. The van der Waals surface area contributed by atoms with Gasteiger partial charge < -0.3 is 5.73 Å². The molecule has 0 saturated carbocycles. The molecule has 0 unspecified atom stereocenters. The summed E-state index contributed by atoms with van der Waals surface area (Å²) in [4.78, 5) is 0. The molecule has 0 bridgehead atoms. The first-order valence-corrected chi connectivity index (χ1v) is 2.44. The van der Waals surface area contributed by atoms with Gasteiger partial charge in [0.1, 0.15) is 0 Å². The molecule has 0 saturated heterocycles. The van der Waals surface area contributed by atoms with Crippen LogP contribution in [0.5, 0.6) is 0 Å². The van der Waals surface area contributed by atoms with Gasteiger partial charge in [0.2, 0.25) is 0 Å². The fourth-order valence-corrected chi connectivity index (χ4v) is 0.217. The first-order valence-electron chi connectivity index (χ1n) is 1.22. The number of thioether (sulfide) groups is 1. The van der Waals surface area contributed by atoms with Gasteiger partial charge in [-0.15, -0.1) is 0 Å². The predicted molar refractivity (Wildman–Crippen MR) is 25.9 cm³/mol. The van der Waals surface area contributed by atoms with Crippen LogP contribution in [0.2, 0.25) is 0 Å². The van der Waals surface area contributed by atoms with Gasteiger partial charge in [0, 0.05) is 0 Å². The minimum absolute atomic E-state index is 0. The molecule has 0 aliphatic carbocycles. The van der Waals surface area contributed by atoms with E-state index in [0.717, 1.165) is 0 Å². The van der Waals surface area contributed by atoms with Crippen LogP contribution in [0.1, 0.15) is 0 Å². The maximum absolute atomic E-state index is 3.29. The fourth-order valence-electron chi connectivity index (χ4n) is 0.0722. The molecular formula is C4H5LiS. The zero-order valence-electron chi connectivity index (χ0n) is 4.12. The van der Waals surface area contributed by atoms with Gasteiger partial charge in [0.05, 0.1) is 0 Å². The maximum atomic E-state index is 3.29. The molecule has 0 heterocycles. The molecule has 0 aromatic carbocycles. The summed E-state index contributed by atoms with van der Waals surface area (Å²) >= 11 is 1.48. The van der Waals surface area contributed by atoms with Crippen molar-refractivity contribution in [3.05, 3.63) is 17.7 Å². The fraction of sp³-hybridized carbons (Fsp3) is 0.250. The quantitative estimate of drug-likeness (QED) is 0.214. The second-order valence-corrected chi connectivity index (χ2v) is 1.10. The van der Waals surface area contributed by atoms with Gasteiger partial charge in [-0.3, -0.25) is 0 Å². The molecule has 0 aliphatic rings. The summed E-state index contributed by atoms with van der Waals surface area (Å²) in [5.74, 6) is 0. The minimum Gasteiger partial charge on any atom is -0.327 e. The zero-order valence-corrected chi connectivity index (χ0v) is 4.93. The predicted octanol–water partition coefficient (Wildman–Crippen LogP) is -1.54. The molecule has 6 heavy (non-hydrogen) atoms. The van der Waals surface area contributed by atoms with Crippen molar-refractivity contribution in [2.24, 2.45) is 0 Å². The van der Waals surface area contributed by atoms with Gasteiger partial charge in [-0.05, 0) is 6.26 Å². The van der Waals surface area contributed by atoms with Gasteiger partial charge in [-0.25, -0.2) is 18.3 Å². The van der Waals surface area contributed by atoms with E-state index in [-0.39, 0.29) is 18.9 Å². The molecule has 0 fully saturated rings. The van der Waals surface area contributed by atoms with Gasteiger partial charge >= 0.3 is 18.9 Å².